The number of nitrogens with one attached hydrogen (secondary N) is 3. The van der Waals surface area contributed by atoms with E-state index in [-0.39, 0.29) is 11.7 Å². The summed E-state index contributed by atoms with van der Waals surface area (Å²) in [4.78, 5) is 34.9. The molecule has 0 atom stereocenters. The monoisotopic (exact) mass is 315 g/mol. The Morgan fingerprint density at radius 2 is 1.87 bits per heavy atom. The van der Waals surface area contributed by atoms with Crippen LogP contribution < -0.4 is 10.6 Å². The summed E-state index contributed by atoms with van der Waals surface area (Å²) in [5.41, 5.74) is 2.47. The van der Waals surface area contributed by atoms with E-state index in [1.807, 2.05) is 0 Å². The van der Waals surface area contributed by atoms with Crippen LogP contribution in [0.3, 0.4) is 0 Å². The Morgan fingerprint density at radius 1 is 1.17 bits per heavy atom. The van der Waals surface area contributed by atoms with Crippen LogP contribution in [0.1, 0.15) is 45.4 Å². The number of hydrogen-bond donors (Lipinski definition) is 3. The second-order valence-electron chi connectivity index (χ2n) is 5.29. The zero-order valence-corrected chi connectivity index (χ0v) is 13.6. The van der Waals surface area contributed by atoms with Gasteiger partial charge in [0.2, 0.25) is 5.95 Å². The van der Waals surface area contributed by atoms with Gasteiger partial charge in [-0.05, 0) is 38.8 Å². The molecule has 2 aromatic rings. The van der Waals surface area contributed by atoms with Crippen molar-refractivity contribution >= 4 is 17.6 Å². The van der Waals surface area contributed by atoms with Crippen LogP contribution in [0.2, 0.25) is 0 Å². The third-order valence-electron chi connectivity index (χ3n) is 3.50. The lowest BCUT2D eigenvalue weighted by Crippen LogP contribution is -2.27. The average molecular weight is 315 g/mol. The number of carbonyl (C=O) groups is 2. The first kappa shape index (κ1) is 16.7. The summed E-state index contributed by atoms with van der Waals surface area (Å²) in [7, 11) is 0. The molecule has 7 nitrogen and oxygen atoms in total. The zero-order chi connectivity index (χ0) is 16.8. The highest BCUT2D eigenvalue weighted by molar-refractivity contribution is 6.02. The Bertz CT molecular complexity index is 694. The molecule has 0 spiro atoms. The Morgan fingerprint density at radius 3 is 2.48 bits per heavy atom. The summed E-state index contributed by atoms with van der Waals surface area (Å²) in [6.45, 7) is 6.26. The smallest absolute Gasteiger partial charge is 0.268 e. The standard InChI is InChI=1S/C16H21N5O2/c1-10-13(12(3)22)11(2)21-14(10)15(23)17-6-4-7-18-16-19-8-5-9-20-16/h5,8-9,21H,4,6-7H2,1-3H3,(H,17,23)(H,18,19,20). The highest BCUT2D eigenvalue weighted by Crippen LogP contribution is 2.18. The Kier molecular flexibility index (Phi) is 5.46. The van der Waals surface area contributed by atoms with E-state index >= 15 is 0 Å². The minimum atomic E-state index is -0.200. The van der Waals surface area contributed by atoms with Crippen molar-refractivity contribution in [3.63, 3.8) is 0 Å². The molecule has 23 heavy (non-hydrogen) atoms. The fourth-order valence-corrected chi connectivity index (χ4v) is 2.47. The molecule has 0 saturated carbocycles. The topological polar surface area (TPSA) is 99.8 Å². The van der Waals surface area contributed by atoms with Crippen molar-refractivity contribution < 1.29 is 9.59 Å². The molecule has 0 bridgehead atoms. The van der Waals surface area contributed by atoms with Crippen LogP contribution in [0.5, 0.6) is 0 Å². The Labute approximate surface area is 134 Å². The number of hydrogen-bond acceptors (Lipinski definition) is 5. The summed E-state index contributed by atoms with van der Waals surface area (Å²) < 4.78 is 0. The van der Waals surface area contributed by atoms with Crippen LogP contribution in [0.15, 0.2) is 18.5 Å². The van der Waals surface area contributed by atoms with E-state index in [1.54, 1.807) is 32.3 Å². The molecule has 1 amide bonds. The molecule has 122 valence electrons. The molecular formula is C16H21N5O2. The summed E-state index contributed by atoms with van der Waals surface area (Å²) in [6.07, 6.45) is 4.07. The maximum Gasteiger partial charge on any atom is 0.268 e. The maximum atomic E-state index is 12.2. The van der Waals surface area contributed by atoms with Gasteiger partial charge in [0.1, 0.15) is 5.69 Å². The molecule has 0 radical (unpaired) electrons. The zero-order valence-electron chi connectivity index (χ0n) is 13.6. The number of ketones is 1. The lowest BCUT2D eigenvalue weighted by atomic mass is 10.1. The molecule has 0 aromatic carbocycles. The second kappa shape index (κ2) is 7.53. The van der Waals surface area contributed by atoms with Crippen LogP contribution in [0, 0.1) is 13.8 Å². The van der Waals surface area contributed by atoms with Gasteiger partial charge in [0.05, 0.1) is 0 Å². The van der Waals surface area contributed by atoms with Gasteiger partial charge in [0, 0.05) is 36.7 Å². The van der Waals surface area contributed by atoms with E-state index in [9.17, 15) is 9.59 Å². The predicted octanol–water partition coefficient (Wildman–Crippen LogP) is 1.86. The predicted molar refractivity (Wildman–Crippen MR) is 87.7 cm³/mol. The van der Waals surface area contributed by atoms with Crippen molar-refractivity contribution in [1.29, 1.82) is 0 Å². The van der Waals surface area contributed by atoms with Crippen molar-refractivity contribution in [3.8, 4) is 0 Å². The van der Waals surface area contributed by atoms with Gasteiger partial charge in [-0.15, -0.1) is 0 Å². The number of amides is 1. The van der Waals surface area contributed by atoms with Crippen LogP contribution in [0.4, 0.5) is 5.95 Å². The van der Waals surface area contributed by atoms with Crippen molar-refractivity contribution in [2.24, 2.45) is 0 Å². The van der Waals surface area contributed by atoms with E-state index in [0.717, 1.165) is 12.1 Å². The first-order chi connectivity index (χ1) is 11.0. The van der Waals surface area contributed by atoms with E-state index in [2.05, 4.69) is 25.6 Å². The highest BCUT2D eigenvalue weighted by atomic mass is 16.2. The molecule has 0 aliphatic heterocycles. The number of nitrogens with zero attached hydrogens (tertiary/aromatic N) is 2. The third kappa shape index (κ3) is 4.15. The normalized spacial score (nSPS) is 10.4. The van der Waals surface area contributed by atoms with Gasteiger partial charge < -0.3 is 15.6 Å². The molecule has 2 rings (SSSR count). The molecule has 2 aromatic heterocycles. The number of rotatable bonds is 7. The van der Waals surface area contributed by atoms with Crippen molar-refractivity contribution in [3.05, 3.63) is 41.0 Å². The first-order valence-corrected chi connectivity index (χ1v) is 7.50. The van der Waals surface area contributed by atoms with Gasteiger partial charge in [-0.2, -0.15) is 0 Å². The minimum Gasteiger partial charge on any atom is -0.354 e. The van der Waals surface area contributed by atoms with E-state index in [1.165, 1.54) is 6.92 Å². The molecule has 0 unspecified atom stereocenters. The summed E-state index contributed by atoms with van der Waals surface area (Å²) in [5, 5.41) is 5.91. The minimum absolute atomic E-state index is 0.0395. The van der Waals surface area contributed by atoms with Crippen LogP contribution in [-0.4, -0.2) is 39.7 Å². The number of H-pyrrole nitrogens is 1. The lowest BCUT2D eigenvalue weighted by Gasteiger charge is -2.06. The molecule has 0 aliphatic rings. The number of aryl methyl sites for hydroxylation is 1. The lowest BCUT2D eigenvalue weighted by molar-refractivity contribution is 0.0948. The fourth-order valence-electron chi connectivity index (χ4n) is 2.47. The van der Waals surface area contributed by atoms with Gasteiger partial charge >= 0.3 is 0 Å². The van der Waals surface area contributed by atoms with Gasteiger partial charge in [-0.1, -0.05) is 0 Å². The van der Waals surface area contributed by atoms with Crippen molar-refractivity contribution in [2.75, 3.05) is 18.4 Å². The molecule has 0 saturated heterocycles. The summed E-state index contributed by atoms with van der Waals surface area (Å²) >= 11 is 0. The number of aromatic amines is 1. The number of Topliss-reactive ketones (excluding diaryl/α,β-unsaturated/α-hetero) is 1. The Balaban J connectivity index is 1.81. The van der Waals surface area contributed by atoms with Crippen LogP contribution in [-0.2, 0) is 0 Å². The molecule has 0 fully saturated rings. The second-order valence-corrected chi connectivity index (χ2v) is 5.29. The third-order valence-corrected chi connectivity index (χ3v) is 3.50. The van der Waals surface area contributed by atoms with E-state index < -0.39 is 0 Å². The molecular weight excluding hydrogens is 294 g/mol. The first-order valence-electron chi connectivity index (χ1n) is 7.50. The number of carbonyl (C=O) groups excluding carboxylic acids is 2. The summed E-state index contributed by atoms with van der Waals surface area (Å²) in [5.74, 6) is 0.331. The maximum absolute atomic E-state index is 12.2. The van der Waals surface area contributed by atoms with Gasteiger partial charge in [-0.25, -0.2) is 9.97 Å². The number of anilines is 1. The largest absolute Gasteiger partial charge is 0.354 e. The highest BCUT2D eigenvalue weighted by Gasteiger charge is 2.19. The quantitative estimate of drug-likeness (QED) is 0.535. The van der Waals surface area contributed by atoms with Crippen LogP contribution in [0.25, 0.3) is 0 Å². The van der Waals surface area contributed by atoms with E-state index in [0.29, 0.717) is 35.9 Å². The molecule has 0 aliphatic carbocycles. The van der Waals surface area contributed by atoms with E-state index in [4.69, 9.17) is 0 Å². The summed E-state index contributed by atoms with van der Waals surface area (Å²) in [6, 6.07) is 1.75. The van der Waals surface area contributed by atoms with Crippen molar-refractivity contribution in [2.45, 2.75) is 27.2 Å². The fraction of sp³-hybridized carbons (Fsp3) is 0.375. The molecule has 3 N–H and O–H groups in total. The van der Waals surface area contributed by atoms with Gasteiger partial charge in [0.25, 0.3) is 5.91 Å². The van der Waals surface area contributed by atoms with Crippen LogP contribution >= 0.6 is 0 Å². The average Bonchev–Trinajstić information content (AvgIpc) is 2.82. The molecule has 2 heterocycles. The van der Waals surface area contributed by atoms with Gasteiger partial charge in [-0.3, -0.25) is 9.59 Å². The van der Waals surface area contributed by atoms with Crippen molar-refractivity contribution in [1.82, 2.24) is 20.3 Å². The number of aromatic nitrogens is 3. The Hall–Kier alpha value is -2.70. The molecule has 7 heteroatoms. The van der Waals surface area contributed by atoms with Gasteiger partial charge in [0.15, 0.2) is 5.78 Å². The SMILES string of the molecule is CC(=O)c1c(C)[nH]c(C(=O)NCCCNc2ncccn2)c1C.